The van der Waals surface area contributed by atoms with Crippen molar-refractivity contribution >= 4 is 25.3 Å². The lowest BCUT2D eigenvalue weighted by molar-refractivity contribution is 0.00578. The molecule has 0 spiro atoms. The van der Waals surface area contributed by atoms with Gasteiger partial charge in [0.25, 0.3) is 0 Å². The lowest BCUT2D eigenvalue weighted by Gasteiger charge is -2.32. The van der Waals surface area contributed by atoms with Crippen molar-refractivity contribution < 1.29 is 33.5 Å². The summed E-state index contributed by atoms with van der Waals surface area (Å²) < 4.78 is 23.5. The Morgan fingerprint density at radius 3 is 2.10 bits per heavy atom. The number of hydrogen-bond donors (Lipinski definition) is 2. The van der Waals surface area contributed by atoms with Crippen molar-refractivity contribution in [3.8, 4) is 16.9 Å². The third-order valence-electron chi connectivity index (χ3n) is 8.10. The van der Waals surface area contributed by atoms with Crippen LogP contribution in [0, 0.1) is 0 Å². The average molecular weight is 555 g/mol. The molecule has 3 aromatic rings. The number of nitrogens with one attached hydrogen (secondary N) is 1. The highest BCUT2D eigenvalue weighted by atomic mass is 16.7. The van der Waals surface area contributed by atoms with E-state index in [1.54, 1.807) is 12.1 Å². The van der Waals surface area contributed by atoms with Gasteiger partial charge in [0.1, 0.15) is 12.4 Å². The Kier molecular flexibility index (Phi) is 7.68. The lowest BCUT2D eigenvalue weighted by Crippen LogP contribution is -2.41. The van der Waals surface area contributed by atoms with Gasteiger partial charge in [-0.25, -0.2) is 9.59 Å². The van der Waals surface area contributed by atoms with Gasteiger partial charge >= 0.3 is 19.2 Å². The van der Waals surface area contributed by atoms with E-state index in [4.69, 9.17) is 18.8 Å². The Hall–Kier alpha value is -4.08. The van der Waals surface area contributed by atoms with E-state index in [0.29, 0.717) is 16.8 Å². The summed E-state index contributed by atoms with van der Waals surface area (Å²) in [5.74, 6) is -0.737. The summed E-state index contributed by atoms with van der Waals surface area (Å²) >= 11 is 0. The average Bonchev–Trinajstić information content (AvgIpc) is 3.38. The van der Waals surface area contributed by atoms with Gasteiger partial charge in [-0.3, -0.25) is 0 Å². The highest BCUT2D eigenvalue weighted by Gasteiger charge is 2.52. The number of carbonyl (C=O) groups excluding carboxylic acids is 1. The highest BCUT2D eigenvalue weighted by Crippen LogP contribution is 2.44. The molecular formula is C32H34BNO7. The van der Waals surface area contributed by atoms with Gasteiger partial charge < -0.3 is 29.2 Å². The standard InChI is InChI=1S/C32H34BNO7/c1-31(2)32(3,4)41-33(40-31)22(15-20-14-21(29(35)36)17-23(16-20)38-5)18-34-30(37)39-19-28-26-12-8-6-10-24(26)25-11-7-9-13-27(25)28/h6-17,28H,18-19H2,1-5H3,(H,34,37)(H,35,36). The zero-order valence-corrected chi connectivity index (χ0v) is 23.9. The molecule has 212 valence electrons. The molecule has 1 fully saturated rings. The van der Waals surface area contributed by atoms with Gasteiger partial charge in [0.2, 0.25) is 0 Å². The molecule has 2 N–H and O–H groups in total. The fourth-order valence-corrected chi connectivity index (χ4v) is 5.18. The summed E-state index contributed by atoms with van der Waals surface area (Å²) in [6, 6.07) is 21.0. The van der Waals surface area contributed by atoms with Gasteiger partial charge in [-0.1, -0.05) is 54.6 Å². The van der Waals surface area contributed by atoms with Crippen molar-refractivity contribution in [2.75, 3.05) is 20.3 Å². The van der Waals surface area contributed by atoms with Crippen LogP contribution in [-0.4, -0.2) is 55.8 Å². The van der Waals surface area contributed by atoms with Gasteiger partial charge in [0, 0.05) is 12.5 Å². The molecule has 41 heavy (non-hydrogen) atoms. The summed E-state index contributed by atoms with van der Waals surface area (Å²) in [5, 5.41) is 12.4. The maximum Gasteiger partial charge on any atom is 0.492 e. The molecule has 1 amide bonds. The summed E-state index contributed by atoms with van der Waals surface area (Å²) in [7, 11) is 0.704. The molecule has 0 atom stereocenters. The smallest absolute Gasteiger partial charge is 0.492 e. The Bertz CT molecular complexity index is 1450. The SMILES string of the molecule is COc1cc(C=C(CNC(=O)OCC2c3ccccc3-c3ccccc32)B2OC(C)(C)C(C)(C)O2)cc(C(=O)O)c1. The Morgan fingerprint density at radius 2 is 1.54 bits per heavy atom. The van der Waals surface area contributed by atoms with Gasteiger partial charge in [-0.15, -0.1) is 0 Å². The molecule has 0 bridgehead atoms. The maximum atomic E-state index is 13.0. The molecule has 1 aliphatic heterocycles. The number of benzene rings is 3. The Morgan fingerprint density at radius 1 is 0.951 bits per heavy atom. The molecule has 1 heterocycles. The normalized spacial score (nSPS) is 17.1. The number of ether oxygens (including phenoxy) is 2. The molecule has 0 aromatic heterocycles. The first-order valence-electron chi connectivity index (χ1n) is 13.6. The predicted octanol–water partition coefficient (Wildman–Crippen LogP) is 5.95. The van der Waals surface area contributed by atoms with Gasteiger partial charge in [-0.05, 0) is 79.2 Å². The zero-order chi connectivity index (χ0) is 29.4. The number of methoxy groups -OCH3 is 1. The van der Waals surface area contributed by atoms with Crippen molar-refractivity contribution in [3.63, 3.8) is 0 Å². The molecule has 3 aromatic carbocycles. The fraction of sp³-hybridized carbons (Fsp3) is 0.312. The fourth-order valence-electron chi connectivity index (χ4n) is 5.18. The summed E-state index contributed by atoms with van der Waals surface area (Å²) in [5.41, 5.74) is 4.60. The first-order chi connectivity index (χ1) is 19.5. The molecule has 0 unspecified atom stereocenters. The van der Waals surface area contributed by atoms with Crippen LogP contribution >= 0.6 is 0 Å². The van der Waals surface area contributed by atoms with Crippen LogP contribution < -0.4 is 10.1 Å². The number of rotatable bonds is 8. The van der Waals surface area contributed by atoms with E-state index in [2.05, 4.69) is 29.6 Å². The van der Waals surface area contributed by atoms with Crippen molar-refractivity contribution in [3.05, 3.63) is 94.5 Å². The zero-order valence-electron chi connectivity index (χ0n) is 23.9. The van der Waals surface area contributed by atoms with Gasteiger partial charge in [-0.2, -0.15) is 0 Å². The first kappa shape index (κ1) is 28.5. The second kappa shape index (κ2) is 11.1. The van der Waals surface area contributed by atoms with Crippen LogP contribution in [0.15, 0.2) is 72.2 Å². The first-order valence-corrected chi connectivity index (χ1v) is 13.6. The summed E-state index contributed by atoms with van der Waals surface area (Å²) in [6.07, 6.45) is 1.17. The minimum atomic E-state index is -1.08. The Balaban J connectivity index is 1.34. The third-order valence-corrected chi connectivity index (χ3v) is 8.10. The van der Waals surface area contributed by atoms with E-state index in [9.17, 15) is 14.7 Å². The monoisotopic (exact) mass is 555 g/mol. The van der Waals surface area contributed by atoms with Crippen LogP contribution in [0.1, 0.15) is 60.7 Å². The maximum absolute atomic E-state index is 13.0. The second-order valence-corrected chi connectivity index (χ2v) is 11.3. The van der Waals surface area contributed by atoms with Gasteiger partial charge in [0.15, 0.2) is 0 Å². The van der Waals surface area contributed by atoms with Crippen molar-refractivity contribution in [2.24, 2.45) is 0 Å². The van der Waals surface area contributed by atoms with E-state index in [0.717, 1.165) is 22.3 Å². The molecule has 8 nitrogen and oxygen atoms in total. The molecule has 1 saturated heterocycles. The minimum absolute atomic E-state index is 0.0579. The van der Waals surface area contributed by atoms with E-state index >= 15 is 0 Å². The lowest BCUT2D eigenvalue weighted by atomic mass is 9.77. The van der Waals surface area contributed by atoms with E-state index < -0.39 is 30.4 Å². The highest BCUT2D eigenvalue weighted by molar-refractivity contribution is 6.56. The third kappa shape index (κ3) is 5.73. The number of alkyl carbamates (subject to hydrolysis) is 1. The van der Waals surface area contributed by atoms with Crippen LogP contribution in [0.3, 0.4) is 0 Å². The minimum Gasteiger partial charge on any atom is -0.497 e. The largest absolute Gasteiger partial charge is 0.497 e. The molecule has 5 rings (SSSR count). The quantitative estimate of drug-likeness (QED) is 0.331. The number of carbonyl (C=O) groups is 2. The number of amides is 1. The summed E-state index contributed by atoms with van der Waals surface area (Å²) in [6.45, 7) is 8.02. The molecule has 1 aliphatic carbocycles. The van der Waals surface area contributed by atoms with E-state index in [1.165, 1.54) is 19.2 Å². The predicted molar refractivity (Wildman–Crippen MR) is 157 cm³/mol. The van der Waals surface area contributed by atoms with Crippen molar-refractivity contribution in [2.45, 2.75) is 44.8 Å². The molecular weight excluding hydrogens is 521 g/mol. The second-order valence-electron chi connectivity index (χ2n) is 11.3. The van der Waals surface area contributed by atoms with Crippen molar-refractivity contribution in [1.29, 1.82) is 0 Å². The number of hydrogen-bond acceptors (Lipinski definition) is 6. The van der Waals surface area contributed by atoms with Crippen LogP contribution in [0.25, 0.3) is 17.2 Å². The van der Waals surface area contributed by atoms with Crippen LogP contribution in [-0.2, 0) is 14.0 Å². The number of aromatic carboxylic acids is 1. The molecule has 2 aliphatic rings. The summed E-state index contributed by atoms with van der Waals surface area (Å²) in [4.78, 5) is 24.6. The van der Waals surface area contributed by atoms with Crippen LogP contribution in [0.5, 0.6) is 5.75 Å². The topological polar surface area (TPSA) is 103 Å². The number of carboxylic acid groups (broad SMARTS) is 1. The molecule has 0 saturated carbocycles. The Labute approximate surface area is 240 Å². The number of fused-ring (bicyclic) bond motifs is 3. The van der Waals surface area contributed by atoms with E-state index in [1.807, 2.05) is 52.0 Å². The van der Waals surface area contributed by atoms with Crippen LogP contribution in [0.2, 0.25) is 0 Å². The van der Waals surface area contributed by atoms with Gasteiger partial charge in [0.05, 0.1) is 23.9 Å². The molecule has 0 radical (unpaired) electrons. The van der Waals surface area contributed by atoms with E-state index in [-0.39, 0.29) is 24.6 Å². The number of carboxylic acids is 1. The van der Waals surface area contributed by atoms with Crippen LogP contribution in [0.4, 0.5) is 4.79 Å². The molecule has 9 heteroatoms. The van der Waals surface area contributed by atoms with Crippen molar-refractivity contribution in [1.82, 2.24) is 5.32 Å².